The van der Waals surface area contributed by atoms with Crippen molar-refractivity contribution in [1.82, 2.24) is 0 Å². The minimum Gasteiger partial charge on any atom is -0.320 e. The van der Waals surface area contributed by atoms with Gasteiger partial charge in [-0.25, -0.2) is 4.90 Å². The molecule has 0 bridgehead atoms. The van der Waals surface area contributed by atoms with Crippen LogP contribution >= 0.6 is 11.6 Å². The van der Waals surface area contributed by atoms with Crippen molar-refractivity contribution in [2.75, 3.05) is 11.4 Å². The Morgan fingerprint density at radius 2 is 1.94 bits per heavy atom. The lowest BCUT2D eigenvalue weighted by Gasteiger charge is -2.15. The predicted octanol–water partition coefficient (Wildman–Crippen LogP) is 1.30. The number of amides is 2. The number of carbonyl (C=O) groups is 2. The molecule has 1 aliphatic rings. The molecular weight excluding hydrogens is 252 g/mol. The Hall–Kier alpha value is -1.83. The standard InChI is InChI=1S/C13H11ClN2O2/c14-10-4-3-9(2-1-7-15)8-11(10)16-12(17)5-6-13(16)18/h3-4,8H,5-7,15H2. The highest BCUT2D eigenvalue weighted by Gasteiger charge is 2.31. The zero-order chi connectivity index (χ0) is 13.1. The molecule has 1 aliphatic heterocycles. The number of imide groups is 1. The number of rotatable bonds is 1. The van der Waals surface area contributed by atoms with E-state index in [0.29, 0.717) is 16.3 Å². The van der Waals surface area contributed by atoms with Crippen LogP contribution in [0.15, 0.2) is 18.2 Å². The summed E-state index contributed by atoms with van der Waals surface area (Å²) in [4.78, 5) is 24.4. The van der Waals surface area contributed by atoms with E-state index in [1.807, 2.05) is 0 Å². The van der Waals surface area contributed by atoms with Gasteiger partial charge in [0.2, 0.25) is 11.8 Å². The van der Waals surface area contributed by atoms with Crippen LogP contribution in [-0.4, -0.2) is 18.4 Å². The van der Waals surface area contributed by atoms with Crippen LogP contribution in [0.3, 0.4) is 0 Å². The van der Waals surface area contributed by atoms with E-state index >= 15 is 0 Å². The van der Waals surface area contributed by atoms with Crippen LogP contribution in [0.2, 0.25) is 5.02 Å². The molecule has 1 saturated heterocycles. The molecule has 1 fully saturated rings. The van der Waals surface area contributed by atoms with Gasteiger partial charge in [-0.05, 0) is 18.2 Å². The number of anilines is 1. The van der Waals surface area contributed by atoms with Gasteiger partial charge in [-0.1, -0.05) is 23.4 Å². The molecule has 2 amide bonds. The molecule has 18 heavy (non-hydrogen) atoms. The molecule has 0 radical (unpaired) electrons. The summed E-state index contributed by atoms with van der Waals surface area (Å²) < 4.78 is 0. The first kappa shape index (κ1) is 12.6. The molecule has 1 heterocycles. The van der Waals surface area contributed by atoms with Gasteiger partial charge in [0.25, 0.3) is 0 Å². The second-order valence-corrected chi connectivity index (χ2v) is 4.20. The maximum atomic E-state index is 11.7. The Morgan fingerprint density at radius 1 is 1.28 bits per heavy atom. The molecule has 2 rings (SSSR count). The minimum atomic E-state index is -0.231. The lowest BCUT2D eigenvalue weighted by molar-refractivity contribution is -0.121. The normalized spacial score (nSPS) is 14.7. The van der Waals surface area contributed by atoms with Gasteiger partial charge in [0.1, 0.15) is 0 Å². The van der Waals surface area contributed by atoms with Gasteiger partial charge < -0.3 is 5.73 Å². The zero-order valence-electron chi connectivity index (χ0n) is 9.57. The highest BCUT2D eigenvalue weighted by Crippen LogP contribution is 2.30. The van der Waals surface area contributed by atoms with Crippen LogP contribution < -0.4 is 10.6 Å². The van der Waals surface area contributed by atoms with Gasteiger partial charge in [-0.15, -0.1) is 0 Å². The maximum absolute atomic E-state index is 11.7. The summed E-state index contributed by atoms with van der Waals surface area (Å²) in [6.07, 6.45) is 0.460. The highest BCUT2D eigenvalue weighted by atomic mass is 35.5. The molecule has 0 spiro atoms. The average molecular weight is 263 g/mol. The van der Waals surface area contributed by atoms with Crippen molar-refractivity contribution in [3.05, 3.63) is 28.8 Å². The molecule has 2 N–H and O–H groups in total. The number of nitrogens with zero attached hydrogens (tertiary/aromatic N) is 1. The fourth-order valence-electron chi connectivity index (χ4n) is 1.76. The van der Waals surface area contributed by atoms with Gasteiger partial charge in [0.05, 0.1) is 17.3 Å². The molecule has 4 nitrogen and oxygen atoms in total. The molecule has 0 aromatic heterocycles. The lowest BCUT2D eigenvalue weighted by atomic mass is 10.2. The Bertz CT molecular complexity index is 556. The summed E-state index contributed by atoms with van der Waals surface area (Å²) in [6, 6.07) is 4.97. The van der Waals surface area contributed by atoms with E-state index in [0.717, 1.165) is 4.90 Å². The third-order valence-electron chi connectivity index (χ3n) is 2.57. The SMILES string of the molecule is NCC#Cc1ccc(Cl)c(N2C(=O)CCC2=O)c1. The van der Waals surface area contributed by atoms with E-state index in [1.54, 1.807) is 18.2 Å². The van der Waals surface area contributed by atoms with Crippen LogP contribution in [-0.2, 0) is 9.59 Å². The van der Waals surface area contributed by atoms with Crippen molar-refractivity contribution in [3.8, 4) is 11.8 Å². The first-order valence-electron chi connectivity index (χ1n) is 5.47. The number of carbonyl (C=O) groups excluding carboxylic acids is 2. The second kappa shape index (κ2) is 5.21. The van der Waals surface area contributed by atoms with Crippen LogP contribution in [0.5, 0.6) is 0 Å². The van der Waals surface area contributed by atoms with Gasteiger partial charge in [-0.3, -0.25) is 9.59 Å². The third-order valence-corrected chi connectivity index (χ3v) is 2.89. The minimum absolute atomic E-state index is 0.230. The molecule has 92 valence electrons. The van der Waals surface area contributed by atoms with Gasteiger partial charge in [0.15, 0.2) is 0 Å². The number of nitrogens with two attached hydrogens (primary N) is 1. The molecule has 0 aliphatic carbocycles. The number of hydrogen-bond acceptors (Lipinski definition) is 3. The fraction of sp³-hybridized carbons (Fsp3) is 0.231. The molecular formula is C13H11ClN2O2. The van der Waals surface area contributed by atoms with Gasteiger partial charge >= 0.3 is 0 Å². The second-order valence-electron chi connectivity index (χ2n) is 3.79. The zero-order valence-corrected chi connectivity index (χ0v) is 10.3. The predicted molar refractivity (Wildman–Crippen MR) is 69.1 cm³/mol. The number of halogens is 1. The number of hydrogen-bond donors (Lipinski definition) is 1. The van der Waals surface area contributed by atoms with E-state index in [4.69, 9.17) is 17.3 Å². The van der Waals surface area contributed by atoms with Crippen LogP contribution in [0.1, 0.15) is 18.4 Å². The molecule has 5 heteroatoms. The Morgan fingerprint density at radius 3 is 2.56 bits per heavy atom. The molecule has 1 aromatic carbocycles. The van der Waals surface area contributed by atoms with Crippen LogP contribution in [0.4, 0.5) is 5.69 Å². The first-order chi connectivity index (χ1) is 8.63. The molecule has 0 unspecified atom stereocenters. The average Bonchev–Trinajstić information content (AvgIpc) is 2.68. The smallest absolute Gasteiger partial charge is 0.234 e. The van der Waals surface area contributed by atoms with E-state index in [2.05, 4.69) is 11.8 Å². The third kappa shape index (κ3) is 2.37. The number of benzene rings is 1. The summed E-state index contributed by atoms with van der Waals surface area (Å²) in [5.74, 6) is 5.09. The monoisotopic (exact) mass is 262 g/mol. The quantitative estimate of drug-likeness (QED) is 0.613. The van der Waals surface area contributed by atoms with E-state index in [1.165, 1.54) is 0 Å². The Kier molecular flexibility index (Phi) is 3.66. The summed E-state index contributed by atoms with van der Waals surface area (Å²) in [5, 5.41) is 0.358. The van der Waals surface area contributed by atoms with E-state index in [-0.39, 0.29) is 31.2 Å². The molecule has 0 atom stereocenters. The van der Waals surface area contributed by atoms with Crippen molar-refractivity contribution < 1.29 is 9.59 Å². The lowest BCUT2D eigenvalue weighted by Crippen LogP contribution is -2.28. The van der Waals surface area contributed by atoms with Crippen molar-refractivity contribution in [1.29, 1.82) is 0 Å². The van der Waals surface area contributed by atoms with Crippen LogP contribution in [0.25, 0.3) is 0 Å². The topological polar surface area (TPSA) is 63.4 Å². The fourth-order valence-corrected chi connectivity index (χ4v) is 1.96. The summed E-state index contributed by atoms with van der Waals surface area (Å²) in [7, 11) is 0. The maximum Gasteiger partial charge on any atom is 0.234 e. The first-order valence-corrected chi connectivity index (χ1v) is 5.85. The summed E-state index contributed by atoms with van der Waals surface area (Å²) in [6.45, 7) is 0.250. The van der Waals surface area contributed by atoms with Crippen LogP contribution in [0, 0.1) is 11.8 Å². The Labute approximate surface area is 110 Å². The van der Waals surface area contributed by atoms with Crippen molar-refractivity contribution in [2.45, 2.75) is 12.8 Å². The van der Waals surface area contributed by atoms with E-state index < -0.39 is 0 Å². The summed E-state index contributed by atoms with van der Waals surface area (Å²) >= 11 is 6.02. The van der Waals surface area contributed by atoms with E-state index in [9.17, 15) is 9.59 Å². The molecule has 1 aromatic rings. The molecule has 0 saturated carbocycles. The van der Waals surface area contributed by atoms with Crippen molar-refractivity contribution in [3.63, 3.8) is 0 Å². The van der Waals surface area contributed by atoms with Gasteiger partial charge in [-0.2, -0.15) is 0 Å². The van der Waals surface area contributed by atoms with Gasteiger partial charge in [0, 0.05) is 18.4 Å². The highest BCUT2D eigenvalue weighted by molar-refractivity contribution is 6.35. The van der Waals surface area contributed by atoms with Crippen molar-refractivity contribution >= 4 is 29.1 Å². The van der Waals surface area contributed by atoms with Crippen molar-refractivity contribution in [2.24, 2.45) is 5.73 Å². The Balaban J connectivity index is 2.43. The largest absolute Gasteiger partial charge is 0.320 e. The summed E-state index contributed by atoms with van der Waals surface area (Å²) in [5.41, 5.74) is 6.36.